The second-order valence-electron chi connectivity index (χ2n) is 6.32. The van der Waals surface area contributed by atoms with Crippen LogP contribution in [0, 0.1) is 0 Å². The van der Waals surface area contributed by atoms with E-state index in [4.69, 9.17) is 19.2 Å². The molecule has 0 atom stereocenters. The van der Waals surface area contributed by atoms with Gasteiger partial charge in [0, 0.05) is 24.7 Å². The summed E-state index contributed by atoms with van der Waals surface area (Å²) in [7, 11) is 3.35. The van der Waals surface area contributed by atoms with Gasteiger partial charge in [0.25, 0.3) is 0 Å². The van der Waals surface area contributed by atoms with E-state index >= 15 is 0 Å². The molecule has 6 heteroatoms. The number of benzene rings is 2. The van der Waals surface area contributed by atoms with Crippen LogP contribution in [0.1, 0.15) is 0 Å². The molecular formula is C20H23N3O3. The Labute approximate surface area is 152 Å². The fourth-order valence-electron chi connectivity index (χ4n) is 3.28. The number of nitrogens with zero attached hydrogens (tertiary/aromatic N) is 3. The second-order valence-corrected chi connectivity index (χ2v) is 6.32. The Hall–Kier alpha value is -2.57. The number of fused-ring (bicyclic) bond motifs is 1. The van der Waals surface area contributed by atoms with Crippen molar-refractivity contribution in [3.05, 3.63) is 42.5 Å². The standard InChI is InChI=1S/C20H23N3O3/c1-24-16-5-3-15(4-6-16)20-21-18-13-17(25-2)7-8-19(18)23(20)14-22-9-11-26-12-10-22/h3-8,13H,9-12,14H2,1-2H3. The van der Waals surface area contributed by atoms with Crippen LogP contribution < -0.4 is 9.47 Å². The van der Waals surface area contributed by atoms with E-state index in [1.807, 2.05) is 36.4 Å². The predicted molar refractivity (Wildman–Crippen MR) is 101 cm³/mol. The Kier molecular flexibility index (Phi) is 4.77. The van der Waals surface area contributed by atoms with Gasteiger partial charge in [-0.2, -0.15) is 0 Å². The molecule has 2 heterocycles. The van der Waals surface area contributed by atoms with Crippen molar-refractivity contribution in [3.8, 4) is 22.9 Å². The van der Waals surface area contributed by atoms with Crippen LogP contribution >= 0.6 is 0 Å². The lowest BCUT2D eigenvalue weighted by molar-refractivity contribution is 0.0244. The van der Waals surface area contributed by atoms with E-state index in [2.05, 4.69) is 15.5 Å². The second kappa shape index (κ2) is 7.35. The molecule has 0 bridgehead atoms. The monoisotopic (exact) mass is 353 g/mol. The van der Waals surface area contributed by atoms with Crippen LogP contribution in [0.2, 0.25) is 0 Å². The highest BCUT2D eigenvalue weighted by molar-refractivity contribution is 5.82. The molecule has 6 nitrogen and oxygen atoms in total. The number of morpholine rings is 1. The van der Waals surface area contributed by atoms with Gasteiger partial charge in [0.05, 0.1) is 45.1 Å². The number of hydrogen-bond donors (Lipinski definition) is 0. The summed E-state index contributed by atoms with van der Waals surface area (Å²) < 4.78 is 18.4. The molecular weight excluding hydrogens is 330 g/mol. The first-order valence-corrected chi connectivity index (χ1v) is 8.77. The van der Waals surface area contributed by atoms with Crippen LogP contribution in [-0.4, -0.2) is 55.0 Å². The van der Waals surface area contributed by atoms with E-state index in [-0.39, 0.29) is 0 Å². The maximum absolute atomic E-state index is 5.48. The average Bonchev–Trinajstić information content (AvgIpc) is 3.06. The maximum atomic E-state index is 5.48. The van der Waals surface area contributed by atoms with Crippen LogP contribution in [0.25, 0.3) is 22.4 Å². The van der Waals surface area contributed by atoms with Crippen LogP contribution in [-0.2, 0) is 11.4 Å². The van der Waals surface area contributed by atoms with Crippen molar-refractivity contribution in [3.63, 3.8) is 0 Å². The molecule has 4 rings (SSSR count). The van der Waals surface area contributed by atoms with Gasteiger partial charge in [0.15, 0.2) is 0 Å². The quantitative estimate of drug-likeness (QED) is 0.706. The van der Waals surface area contributed by atoms with Gasteiger partial charge in [-0.25, -0.2) is 4.98 Å². The third-order valence-corrected chi connectivity index (χ3v) is 4.75. The number of methoxy groups -OCH3 is 2. The summed E-state index contributed by atoms with van der Waals surface area (Å²) in [4.78, 5) is 7.29. The average molecular weight is 353 g/mol. The summed E-state index contributed by atoms with van der Waals surface area (Å²) in [5.41, 5.74) is 3.10. The molecule has 0 aliphatic carbocycles. The molecule has 2 aromatic carbocycles. The molecule has 1 saturated heterocycles. The first kappa shape index (κ1) is 16.9. The zero-order chi connectivity index (χ0) is 17.9. The van der Waals surface area contributed by atoms with Gasteiger partial charge in [0.1, 0.15) is 17.3 Å². The highest BCUT2D eigenvalue weighted by Gasteiger charge is 2.17. The van der Waals surface area contributed by atoms with Gasteiger partial charge in [0.2, 0.25) is 0 Å². The molecule has 3 aromatic rings. The lowest BCUT2D eigenvalue weighted by atomic mass is 10.2. The molecule has 1 fully saturated rings. The molecule has 136 valence electrons. The molecule has 0 amide bonds. The van der Waals surface area contributed by atoms with E-state index in [9.17, 15) is 0 Å². The molecule has 0 radical (unpaired) electrons. The summed E-state index contributed by atoms with van der Waals surface area (Å²) in [5, 5.41) is 0. The molecule has 1 aromatic heterocycles. The van der Waals surface area contributed by atoms with Crippen LogP contribution in [0.4, 0.5) is 0 Å². The number of hydrogen-bond acceptors (Lipinski definition) is 5. The van der Waals surface area contributed by atoms with E-state index in [1.54, 1.807) is 14.2 Å². The number of ether oxygens (including phenoxy) is 3. The largest absolute Gasteiger partial charge is 0.497 e. The molecule has 1 aliphatic heterocycles. The van der Waals surface area contributed by atoms with Crippen molar-refractivity contribution in [1.29, 1.82) is 0 Å². The molecule has 26 heavy (non-hydrogen) atoms. The first-order chi connectivity index (χ1) is 12.8. The minimum Gasteiger partial charge on any atom is -0.497 e. The molecule has 0 spiro atoms. The van der Waals surface area contributed by atoms with E-state index < -0.39 is 0 Å². The SMILES string of the molecule is COc1ccc(-c2nc3cc(OC)ccc3n2CN2CCOCC2)cc1. The van der Waals surface area contributed by atoms with Gasteiger partial charge in [-0.1, -0.05) is 0 Å². The van der Waals surface area contributed by atoms with Gasteiger partial charge >= 0.3 is 0 Å². The van der Waals surface area contributed by atoms with Crippen molar-refractivity contribution in [2.24, 2.45) is 0 Å². The highest BCUT2D eigenvalue weighted by atomic mass is 16.5. The zero-order valence-corrected chi connectivity index (χ0v) is 15.1. The Bertz CT molecular complexity index is 883. The maximum Gasteiger partial charge on any atom is 0.142 e. The smallest absolute Gasteiger partial charge is 0.142 e. The summed E-state index contributed by atoms with van der Waals surface area (Å²) in [6.07, 6.45) is 0. The first-order valence-electron chi connectivity index (χ1n) is 8.77. The van der Waals surface area contributed by atoms with E-state index in [0.29, 0.717) is 0 Å². The summed E-state index contributed by atoms with van der Waals surface area (Å²) >= 11 is 0. The normalized spacial score (nSPS) is 15.3. The van der Waals surface area contributed by atoms with Gasteiger partial charge in [-0.05, 0) is 36.4 Å². The van der Waals surface area contributed by atoms with E-state index in [1.165, 1.54) is 0 Å². The lowest BCUT2D eigenvalue weighted by Gasteiger charge is -2.27. The Morgan fingerprint density at radius 1 is 0.962 bits per heavy atom. The number of imidazole rings is 1. The van der Waals surface area contributed by atoms with Crippen molar-refractivity contribution in [2.45, 2.75) is 6.67 Å². The fourth-order valence-corrected chi connectivity index (χ4v) is 3.28. The molecule has 0 unspecified atom stereocenters. The zero-order valence-electron chi connectivity index (χ0n) is 15.1. The van der Waals surface area contributed by atoms with E-state index in [0.717, 1.165) is 66.9 Å². The van der Waals surface area contributed by atoms with Crippen molar-refractivity contribution >= 4 is 11.0 Å². The van der Waals surface area contributed by atoms with Crippen LogP contribution in [0.15, 0.2) is 42.5 Å². The minimum atomic E-state index is 0.776. The van der Waals surface area contributed by atoms with Crippen molar-refractivity contribution < 1.29 is 14.2 Å². The number of rotatable bonds is 5. The summed E-state index contributed by atoms with van der Waals surface area (Å²) in [5.74, 6) is 2.60. The molecule has 0 N–H and O–H groups in total. The van der Waals surface area contributed by atoms with Gasteiger partial charge in [-0.3, -0.25) is 4.90 Å². The third kappa shape index (κ3) is 3.25. The van der Waals surface area contributed by atoms with Gasteiger partial charge < -0.3 is 18.8 Å². The highest BCUT2D eigenvalue weighted by Crippen LogP contribution is 2.29. The lowest BCUT2D eigenvalue weighted by Crippen LogP contribution is -2.37. The Balaban J connectivity index is 1.78. The number of aromatic nitrogens is 2. The van der Waals surface area contributed by atoms with Crippen molar-refractivity contribution in [2.75, 3.05) is 40.5 Å². The van der Waals surface area contributed by atoms with Crippen LogP contribution in [0.3, 0.4) is 0 Å². The Morgan fingerprint density at radius 3 is 2.35 bits per heavy atom. The summed E-state index contributed by atoms with van der Waals surface area (Å²) in [6, 6.07) is 14.1. The molecule has 1 aliphatic rings. The van der Waals surface area contributed by atoms with Crippen LogP contribution in [0.5, 0.6) is 11.5 Å². The predicted octanol–water partition coefficient (Wildman–Crippen LogP) is 3.01. The van der Waals surface area contributed by atoms with Crippen molar-refractivity contribution in [1.82, 2.24) is 14.5 Å². The third-order valence-electron chi connectivity index (χ3n) is 4.75. The molecule has 0 saturated carbocycles. The topological polar surface area (TPSA) is 48.8 Å². The minimum absolute atomic E-state index is 0.776. The Morgan fingerprint density at radius 2 is 1.65 bits per heavy atom. The summed E-state index contributed by atoms with van der Waals surface area (Å²) in [6.45, 7) is 4.19. The fraction of sp³-hybridized carbons (Fsp3) is 0.350. The van der Waals surface area contributed by atoms with Gasteiger partial charge in [-0.15, -0.1) is 0 Å².